The van der Waals surface area contributed by atoms with E-state index in [1.54, 1.807) is 19.0 Å². The van der Waals surface area contributed by atoms with Gasteiger partial charge in [0.2, 0.25) is 5.91 Å². The Morgan fingerprint density at radius 3 is 2.60 bits per heavy atom. The Labute approximate surface area is 140 Å². The van der Waals surface area contributed by atoms with Gasteiger partial charge in [-0.15, -0.1) is 24.0 Å². The largest absolute Gasteiger partial charge is 0.357 e. The number of aliphatic imine (C=N–C) groups is 1. The summed E-state index contributed by atoms with van der Waals surface area (Å²) in [5.41, 5.74) is 0. The van der Waals surface area contributed by atoms with Gasteiger partial charge in [-0.1, -0.05) is 19.8 Å². The molecule has 0 aromatic rings. The van der Waals surface area contributed by atoms with Gasteiger partial charge in [-0.05, 0) is 25.7 Å². The Balaban J connectivity index is 0.00000361. The van der Waals surface area contributed by atoms with Crippen LogP contribution in [0.4, 0.5) is 0 Å². The molecule has 1 aliphatic carbocycles. The molecule has 0 saturated heterocycles. The molecule has 2 N–H and O–H groups in total. The van der Waals surface area contributed by atoms with Crippen LogP contribution in [-0.2, 0) is 4.79 Å². The molecule has 2 unspecified atom stereocenters. The van der Waals surface area contributed by atoms with Gasteiger partial charge >= 0.3 is 0 Å². The second-order valence-corrected chi connectivity index (χ2v) is 5.60. The molecule has 20 heavy (non-hydrogen) atoms. The highest BCUT2D eigenvalue weighted by Gasteiger charge is 2.19. The standard InChI is InChI=1S/C14H28N4O.HI/c1-5-15-14(16-10-13(19)18(3)4)17-12-8-6-7-11(2)9-12;/h11-12H,5-10H2,1-4H3,(H2,15,16,17);1H. The molecular formula is C14H29IN4O. The number of carbonyl (C=O) groups is 1. The zero-order valence-corrected chi connectivity index (χ0v) is 15.4. The first-order valence-electron chi connectivity index (χ1n) is 7.28. The van der Waals surface area contributed by atoms with Crippen LogP contribution in [0.5, 0.6) is 0 Å². The first kappa shape index (κ1) is 19.5. The Hall–Kier alpha value is -0.530. The number of hydrogen-bond donors (Lipinski definition) is 2. The zero-order chi connectivity index (χ0) is 14.3. The summed E-state index contributed by atoms with van der Waals surface area (Å²) in [7, 11) is 3.50. The SMILES string of the molecule is CCNC(=NCC(=O)N(C)C)NC1CCCC(C)C1.I. The highest BCUT2D eigenvalue weighted by Crippen LogP contribution is 2.23. The molecule has 1 saturated carbocycles. The van der Waals surface area contributed by atoms with Gasteiger partial charge in [-0.2, -0.15) is 0 Å². The minimum absolute atomic E-state index is 0. The van der Waals surface area contributed by atoms with Crippen LogP contribution in [0, 0.1) is 5.92 Å². The average Bonchev–Trinajstić information content (AvgIpc) is 2.35. The molecule has 0 spiro atoms. The minimum atomic E-state index is 0. The lowest BCUT2D eigenvalue weighted by atomic mass is 9.87. The van der Waals surface area contributed by atoms with Gasteiger partial charge in [0.25, 0.3) is 0 Å². The molecule has 6 heteroatoms. The summed E-state index contributed by atoms with van der Waals surface area (Å²) in [6.07, 6.45) is 4.97. The summed E-state index contributed by atoms with van der Waals surface area (Å²) in [5, 5.41) is 6.66. The highest BCUT2D eigenvalue weighted by atomic mass is 127. The maximum atomic E-state index is 11.6. The number of halogens is 1. The molecular weight excluding hydrogens is 367 g/mol. The highest BCUT2D eigenvalue weighted by molar-refractivity contribution is 14.0. The summed E-state index contributed by atoms with van der Waals surface area (Å²) in [5.74, 6) is 1.56. The Morgan fingerprint density at radius 2 is 2.05 bits per heavy atom. The molecule has 1 rings (SSSR count). The normalized spacial score (nSPS) is 22.7. The van der Waals surface area contributed by atoms with E-state index < -0.39 is 0 Å². The molecule has 1 aliphatic rings. The van der Waals surface area contributed by atoms with Gasteiger partial charge in [0, 0.05) is 26.7 Å². The van der Waals surface area contributed by atoms with E-state index in [0.29, 0.717) is 6.04 Å². The molecule has 2 atom stereocenters. The first-order chi connectivity index (χ1) is 9.02. The van der Waals surface area contributed by atoms with Gasteiger partial charge < -0.3 is 15.5 Å². The Bertz CT molecular complexity index is 320. The molecule has 0 aliphatic heterocycles. The van der Waals surface area contributed by atoms with Crippen LogP contribution in [-0.4, -0.2) is 50.0 Å². The molecule has 1 amide bonds. The number of guanidine groups is 1. The van der Waals surface area contributed by atoms with Crippen LogP contribution in [0.3, 0.4) is 0 Å². The van der Waals surface area contributed by atoms with Crippen LogP contribution < -0.4 is 10.6 Å². The summed E-state index contributed by atoms with van der Waals surface area (Å²) < 4.78 is 0. The topological polar surface area (TPSA) is 56.7 Å². The van der Waals surface area contributed by atoms with Crippen molar-refractivity contribution in [3.63, 3.8) is 0 Å². The summed E-state index contributed by atoms with van der Waals surface area (Å²) in [6, 6.07) is 0.482. The van der Waals surface area contributed by atoms with E-state index in [4.69, 9.17) is 0 Å². The second kappa shape index (κ2) is 10.2. The van der Waals surface area contributed by atoms with Crippen molar-refractivity contribution in [3.8, 4) is 0 Å². The lowest BCUT2D eigenvalue weighted by Gasteiger charge is -2.28. The maximum Gasteiger partial charge on any atom is 0.243 e. The molecule has 0 aromatic heterocycles. The van der Waals surface area contributed by atoms with Crippen molar-refractivity contribution in [2.24, 2.45) is 10.9 Å². The molecule has 0 bridgehead atoms. The molecule has 118 valence electrons. The molecule has 5 nitrogen and oxygen atoms in total. The van der Waals surface area contributed by atoms with Crippen LogP contribution >= 0.6 is 24.0 Å². The van der Waals surface area contributed by atoms with Crippen LogP contribution in [0.25, 0.3) is 0 Å². The van der Waals surface area contributed by atoms with Gasteiger partial charge in [-0.3, -0.25) is 4.79 Å². The quantitative estimate of drug-likeness (QED) is 0.433. The van der Waals surface area contributed by atoms with Crippen LogP contribution in [0.15, 0.2) is 4.99 Å². The van der Waals surface area contributed by atoms with Crippen molar-refractivity contribution in [1.29, 1.82) is 0 Å². The predicted molar refractivity (Wildman–Crippen MR) is 94.6 cm³/mol. The van der Waals surface area contributed by atoms with Gasteiger partial charge in [0.15, 0.2) is 5.96 Å². The van der Waals surface area contributed by atoms with Crippen molar-refractivity contribution in [1.82, 2.24) is 15.5 Å². The van der Waals surface area contributed by atoms with Crippen molar-refractivity contribution in [3.05, 3.63) is 0 Å². The third kappa shape index (κ3) is 7.31. The van der Waals surface area contributed by atoms with E-state index in [9.17, 15) is 4.79 Å². The van der Waals surface area contributed by atoms with Crippen molar-refractivity contribution in [2.75, 3.05) is 27.2 Å². The lowest BCUT2D eigenvalue weighted by molar-refractivity contribution is -0.127. The van der Waals surface area contributed by atoms with Gasteiger partial charge in [-0.25, -0.2) is 4.99 Å². The fraction of sp³-hybridized carbons (Fsp3) is 0.857. The number of nitrogens with one attached hydrogen (secondary N) is 2. The Kier molecular flexibility index (Phi) is 9.96. The minimum Gasteiger partial charge on any atom is -0.357 e. The van der Waals surface area contributed by atoms with E-state index >= 15 is 0 Å². The summed E-state index contributed by atoms with van der Waals surface area (Å²) in [6.45, 7) is 5.34. The molecule has 0 aromatic carbocycles. The van der Waals surface area contributed by atoms with Gasteiger partial charge in [0.1, 0.15) is 6.54 Å². The molecule has 0 radical (unpaired) electrons. The smallest absolute Gasteiger partial charge is 0.243 e. The number of likely N-dealkylation sites (N-methyl/N-ethyl adjacent to an activating group) is 1. The maximum absolute atomic E-state index is 11.6. The number of amides is 1. The number of nitrogens with zero attached hydrogens (tertiary/aromatic N) is 2. The molecule has 0 heterocycles. The monoisotopic (exact) mass is 396 g/mol. The van der Waals surface area contributed by atoms with E-state index in [-0.39, 0.29) is 36.4 Å². The van der Waals surface area contributed by atoms with Crippen LogP contribution in [0.1, 0.15) is 39.5 Å². The van der Waals surface area contributed by atoms with Crippen LogP contribution in [0.2, 0.25) is 0 Å². The third-order valence-electron chi connectivity index (χ3n) is 3.49. The average molecular weight is 396 g/mol. The van der Waals surface area contributed by atoms with Crippen molar-refractivity contribution >= 4 is 35.8 Å². The van der Waals surface area contributed by atoms with Crippen molar-refractivity contribution < 1.29 is 4.79 Å². The number of hydrogen-bond acceptors (Lipinski definition) is 2. The van der Waals surface area contributed by atoms with Crippen molar-refractivity contribution in [2.45, 2.75) is 45.6 Å². The predicted octanol–water partition coefficient (Wildman–Crippen LogP) is 1.83. The first-order valence-corrected chi connectivity index (χ1v) is 7.28. The summed E-state index contributed by atoms with van der Waals surface area (Å²) in [4.78, 5) is 17.5. The van der Waals surface area contributed by atoms with Gasteiger partial charge in [0.05, 0.1) is 0 Å². The fourth-order valence-electron chi connectivity index (χ4n) is 2.37. The Morgan fingerprint density at radius 1 is 1.35 bits per heavy atom. The summed E-state index contributed by atoms with van der Waals surface area (Å²) >= 11 is 0. The van der Waals surface area contributed by atoms with E-state index in [2.05, 4.69) is 22.5 Å². The third-order valence-corrected chi connectivity index (χ3v) is 3.49. The number of rotatable bonds is 4. The fourth-order valence-corrected chi connectivity index (χ4v) is 2.37. The second-order valence-electron chi connectivity index (χ2n) is 5.60. The van der Waals surface area contributed by atoms with E-state index in [1.165, 1.54) is 25.7 Å². The van der Waals surface area contributed by atoms with E-state index in [1.807, 2.05) is 6.92 Å². The molecule has 1 fully saturated rings. The zero-order valence-electron chi connectivity index (χ0n) is 13.1. The number of carbonyl (C=O) groups excluding carboxylic acids is 1. The lowest BCUT2D eigenvalue weighted by Crippen LogP contribution is -2.45. The van der Waals surface area contributed by atoms with E-state index in [0.717, 1.165) is 18.4 Å².